The number of hydrogen-bond acceptors (Lipinski definition) is 4. The van der Waals surface area contributed by atoms with Crippen LogP contribution >= 0.6 is 15.9 Å². The standard InChI is InChI=1S/C16H18BrFN2O3/c1-2-23-16(22)8-4-3-7-11-10(18)6-5-9(15(19)21)13(11)20-14(7)12(8)17/h5-8,12,14,20H,2-4H2,1H3,(H2,19,21). The summed E-state index contributed by atoms with van der Waals surface area (Å²) in [6.07, 6.45) is 1.26. The lowest BCUT2D eigenvalue weighted by molar-refractivity contribution is -0.148. The summed E-state index contributed by atoms with van der Waals surface area (Å²) in [5, 5.41) is 3.21. The maximum absolute atomic E-state index is 14.3. The molecule has 1 aromatic rings. The Morgan fingerprint density at radius 1 is 1.43 bits per heavy atom. The number of benzene rings is 1. The zero-order valence-electron chi connectivity index (χ0n) is 12.6. The van der Waals surface area contributed by atoms with Gasteiger partial charge >= 0.3 is 5.97 Å². The molecule has 4 atom stereocenters. The van der Waals surface area contributed by atoms with Gasteiger partial charge in [0, 0.05) is 22.4 Å². The second-order valence-electron chi connectivity index (χ2n) is 5.90. The molecule has 0 saturated heterocycles. The van der Waals surface area contributed by atoms with Gasteiger partial charge in [0.25, 0.3) is 5.91 Å². The van der Waals surface area contributed by atoms with E-state index < -0.39 is 5.91 Å². The molecule has 2 aliphatic rings. The van der Waals surface area contributed by atoms with Crippen molar-refractivity contribution in [2.24, 2.45) is 11.7 Å². The van der Waals surface area contributed by atoms with Crippen molar-refractivity contribution in [3.05, 3.63) is 29.1 Å². The molecule has 3 N–H and O–H groups in total. The van der Waals surface area contributed by atoms with Gasteiger partial charge in [0.1, 0.15) is 5.82 Å². The first kappa shape index (κ1) is 16.2. The van der Waals surface area contributed by atoms with Crippen molar-refractivity contribution < 1.29 is 18.7 Å². The van der Waals surface area contributed by atoms with E-state index in [2.05, 4.69) is 21.2 Å². The molecule has 0 radical (unpaired) electrons. The maximum atomic E-state index is 14.3. The van der Waals surface area contributed by atoms with E-state index in [0.29, 0.717) is 30.7 Å². The zero-order chi connectivity index (χ0) is 16.7. The fraction of sp³-hybridized carbons (Fsp3) is 0.500. The summed E-state index contributed by atoms with van der Waals surface area (Å²) in [6.45, 7) is 2.10. The number of nitrogens with one attached hydrogen (secondary N) is 1. The molecule has 0 aromatic heterocycles. The zero-order valence-corrected chi connectivity index (χ0v) is 14.2. The van der Waals surface area contributed by atoms with Crippen LogP contribution in [0.15, 0.2) is 12.1 Å². The molecule has 1 aliphatic heterocycles. The van der Waals surface area contributed by atoms with Crippen molar-refractivity contribution >= 4 is 33.5 Å². The molecule has 124 valence electrons. The van der Waals surface area contributed by atoms with Crippen LogP contribution in [0.5, 0.6) is 0 Å². The minimum atomic E-state index is -0.597. The van der Waals surface area contributed by atoms with Crippen molar-refractivity contribution in [3.63, 3.8) is 0 Å². The number of carbonyl (C=O) groups is 2. The van der Waals surface area contributed by atoms with Gasteiger partial charge < -0.3 is 15.8 Å². The predicted octanol–water partition coefficient (Wildman–Crippen LogP) is 2.54. The van der Waals surface area contributed by atoms with Crippen LogP contribution < -0.4 is 11.1 Å². The molecule has 3 rings (SSSR count). The van der Waals surface area contributed by atoms with Gasteiger partial charge in [-0.05, 0) is 31.9 Å². The van der Waals surface area contributed by atoms with E-state index in [4.69, 9.17) is 10.5 Å². The van der Waals surface area contributed by atoms with Gasteiger partial charge in [0.15, 0.2) is 0 Å². The second kappa shape index (κ2) is 6.11. The van der Waals surface area contributed by atoms with E-state index in [9.17, 15) is 14.0 Å². The summed E-state index contributed by atoms with van der Waals surface area (Å²) >= 11 is 3.58. The van der Waals surface area contributed by atoms with Gasteiger partial charge in [-0.2, -0.15) is 0 Å². The summed E-state index contributed by atoms with van der Waals surface area (Å²) in [5.74, 6) is -1.58. The molecule has 1 heterocycles. The van der Waals surface area contributed by atoms with Gasteiger partial charge in [0.2, 0.25) is 0 Å². The fourth-order valence-corrected chi connectivity index (χ4v) is 4.64. The predicted molar refractivity (Wildman–Crippen MR) is 87.1 cm³/mol. The third kappa shape index (κ3) is 2.60. The number of fused-ring (bicyclic) bond motifs is 3. The van der Waals surface area contributed by atoms with Crippen LogP contribution in [0.3, 0.4) is 0 Å². The van der Waals surface area contributed by atoms with Crippen molar-refractivity contribution in [3.8, 4) is 0 Å². The summed E-state index contributed by atoms with van der Waals surface area (Å²) in [6, 6.07) is 2.50. The third-order valence-electron chi connectivity index (χ3n) is 4.68. The number of halogens is 2. The minimum Gasteiger partial charge on any atom is -0.466 e. The summed E-state index contributed by atoms with van der Waals surface area (Å²) in [4.78, 5) is 23.5. The fourth-order valence-electron chi connectivity index (χ4n) is 3.66. The number of hydrogen-bond donors (Lipinski definition) is 2. The van der Waals surface area contributed by atoms with Gasteiger partial charge in [-0.25, -0.2) is 4.39 Å². The lowest BCUT2D eigenvalue weighted by Crippen LogP contribution is -2.44. The van der Waals surface area contributed by atoms with E-state index in [-0.39, 0.29) is 40.1 Å². The van der Waals surface area contributed by atoms with Crippen LogP contribution in [0.25, 0.3) is 0 Å². The average molecular weight is 385 g/mol. The number of carbonyl (C=O) groups excluding carboxylic acids is 2. The lowest BCUT2D eigenvalue weighted by atomic mass is 9.77. The molecular weight excluding hydrogens is 367 g/mol. The Hall–Kier alpha value is -1.63. The minimum absolute atomic E-state index is 0.0978. The summed E-state index contributed by atoms with van der Waals surface area (Å²) < 4.78 is 19.4. The van der Waals surface area contributed by atoms with Crippen molar-refractivity contribution in [2.75, 3.05) is 11.9 Å². The molecule has 1 amide bonds. The highest BCUT2D eigenvalue weighted by molar-refractivity contribution is 9.09. The number of rotatable bonds is 3. The molecule has 1 fully saturated rings. The Kier molecular flexibility index (Phi) is 4.31. The molecule has 1 aromatic carbocycles. The molecule has 1 aliphatic carbocycles. The normalized spacial score (nSPS) is 28.5. The smallest absolute Gasteiger partial charge is 0.310 e. The van der Waals surface area contributed by atoms with Crippen molar-refractivity contribution in [1.29, 1.82) is 0 Å². The number of esters is 1. The first-order valence-corrected chi connectivity index (χ1v) is 8.56. The maximum Gasteiger partial charge on any atom is 0.310 e. The Morgan fingerprint density at radius 3 is 2.83 bits per heavy atom. The molecule has 1 saturated carbocycles. The molecular formula is C16H18BrFN2O3. The number of amides is 1. The lowest BCUT2D eigenvalue weighted by Gasteiger charge is -2.35. The molecule has 5 nitrogen and oxygen atoms in total. The van der Waals surface area contributed by atoms with Crippen LogP contribution in [0.1, 0.15) is 41.6 Å². The monoisotopic (exact) mass is 384 g/mol. The highest BCUT2D eigenvalue weighted by Crippen LogP contribution is 2.49. The second-order valence-corrected chi connectivity index (χ2v) is 6.96. The quantitative estimate of drug-likeness (QED) is 0.619. The molecule has 7 heteroatoms. The summed E-state index contributed by atoms with van der Waals surface area (Å²) in [7, 11) is 0. The van der Waals surface area contributed by atoms with Gasteiger partial charge in [-0.1, -0.05) is 15.9 Å². The van der Waals surface area contributed by atoms with E-state index in [1.54, 1.807) is 6.92 Å². The Labute approximate surface area is 141 Å². The number of ether oxygens (including phenoxy) is 1. The van der Waals surface area contributed by atoms with Gasteiger partial charge in [-0.3, -0.25) is 9.59 Å². The van der Waals surface area contributed by atoms with Crippen LogP contribution in [-0.2, 0) is 9.53 Å². The highest BCUT2D eigenvalue weighted by Gasteiger charge is 2.48. The number of alkyl halides is 1. The van der Waals surface area contributed by atoms with Gasteiger partial charge in [0.05, 0.1) is 23.8 Å². The van der Waals surface area contributed by atoms with Crippen molar-refractivity contribution in [1.82, 2.24) is 0 Å². The topological polar surface area (TPSA) is 81.4 Å². The highest BCUT2D eigenvalue weighted by atomic mass is 79.9. The van der Waals surface area contributed by atoms with E-state index >= 15 is 0 Å². The Bertz CT molecular complexity index is 667. The SMILES string of the molecule is CCOC(=O)C1CCC2c3c(F)ccc(C(N)=O)c3NC2C1Br. The van der Waals surface area contributed by atoms with E-state index in [1.807, 2.05) is 0 Å². The molecule has 0 bridgehead atoms. The van der Waals surface area contributed by atoms with Crippen LogP contribution in [-0.4, -0.2) is 29.4 Å². The largest absolute Gasteiger partial charge is 0.466 e. The van der Waals surface area contributed by atoms with Crippen LogP contribution in [0.2, 0.25) is 0 Å². The Morgan fingerprint density at radius 2 is 2.17 bits per heavy atom. The number of nitrogens with two attached hydrogens (primary N) is 1. The molecule has 0 spiro atoms. The van der Waals surface area contributed by atoms with Crippen LogP contribution in [0.4, 0.5) is 10.1 Å². The molecule has 4 unspecified atom stereocenters. The summed E-state index contributed by atoms with van der Waals surface area (Å²) in [5.41, 5.74) is 6.63. The average Bonchev–Trinajstić information content (AvgIpc) is 2.89. The first-order valence-electron chi connectivity index (χ1n) is 7.65. The number of primary amides is 1. The third-order valence-corrected chi connectivity index (χ3v) is 5.89. The van der Waals surface area contributed by atoms with E-state index in [0.717, 1.165) is 0 Å². The number of anilines is 1. The van der Waals surface area contributed by atoms with Crippen molar-refractivity contribution in [2.45, 2.75) is 36.6 Å². The first-order chi connectivity index (χ1) is 11.0. The molecule has 23 heavy (non-hydrogen) atoms. The van der Waals surface area contributed by atoms with Crippen LogP contribution in [0, 0.1) is 11.7 Å². The van der Waals surface area contributed by atoms with E-state index in [1.165, 1.54) is 12.1 Å². The Balaban J connectivity index is 1.94. The van der Waals surface area contributed by atoms with Gasteiger partial charge in [-0.15, -0.1) is 0 Å².